The van der Waals surface area contributed by atoms with Gasteiger partial charge in [0.15, 0.2) is 11.3 Å². The highest BCUT2D eigenvalue weighted by atomic mass is 79.9. The average Bonchev–Trinajstić information content (AvgIpc) is 3.81. The van der Waals surface area contributed by atoms with E-state index in [9.17, 15) is 18.4 Å². The summed E-state index contributed by atoms with van der Waals surface area (Å²) in [5.41, 5.74) is 5.50. The third-order valence-electron chi connectivity index (χ3n) is 8.68. The van der Waals surface area contributed by atoms with Crippen molar-refractivity contribution in [3.05, 3.63) is 164 Å². The van der Waals surface area contributed by atoms with Crippen LogP contribution in [0.4, 0.5) is 20.4 Å². The Morgan fingerprint density at radius 3 is 1.49 bits per heavy atom. The number of carbonyl (C=O) groups excluding carboxylic acids is 1. The summed E-state index contributed by atoms with van der Waals surface area (Å²) in [6.07, 6.45) is 3.27. The number of halogens is 4. The van der Waals surface area contributed by atoms with Crippen molar-refractivity contribution in [3.8, 4) is 22.5 Å². The van der Waals surface area contributed by atoms with Crippen LogP contribution in [0.5, 0.6) is 0 Å². The molecule has 8 aromatic rings. The number of ether oxygens (including phenoxy) is 1. The van der Waals surface area contributed by atoms with Crippen molar-refractivity contribution in [2.24, 2.45) is 0 Å². The number of nitrogens with one attached hydrogen (secondary N) is 2. The monoisotopic (exact) mass is 894 g/mol. The summed E-state index contributed by atoms with van der Waals surface area (Å²) in [5.74, 6) is -0.746. The molecule has 4 heterocycles. The Labute approximate surface area is 340 Å². The number of anilines is 2. The van der Waals surface area contributed by atoms with E-state index >= 15 is 0 Å². The zero-order valence-electron chi connectivity index (χ0n) is 29.8. The topological polar surface area (TPSA) is 148 Å². The van der Waals surface area contributed by atoms with Gasteiger partial charge in [0.2, 0.25) is 0 Å². The van der Waals surface area contributed by atoms with Crippen LogP contribution in [-0.2, 0) is 17.8 Å². The van der Waals surface area contributed by atoms with Gasteiger partial charge in [-0.15, -0.1) is 0 Å². The second kappa shape index (κ2) is 17.1. The molecule has 0 bridgehead atoms. The van der Waals surface area contributed by atoms with Gasteiger partial charge >= 0.3 is 11.9 Å². The van der Waals surface area contributed by atoms with Crippen molar-refractivity contribution >= 4 is 66.7 Å². The van der Waals surface area contributed by atoms with Crippen molar-refractivity contribution in [2.45, 2.75) is 13.1 Å². The number of nitrogens with zero attached hydrogens (tertiary/aromatic N) is 6. The Morgan fingerprint density at radius 1 is 0.667 bits per heavy atom. The summed E-state index contributed by atoms with van der Waals surface area (Å²) in [4.78, 5) is 31.6. The lowest BCUT2D eigenvalue weighted by atomic mass is 10.1. The smallest absolute Gasteiger partial charge is 0.337 e. The fraction of sp³-hybridized carbons (Fsp3) is 0.0732. The van der Waals surface area contributed by atoms with Gasteiger partial charge in [-0.2, -0.15) is 19.2 Å². The molecule has 0 fully saturated rings. The predicted molar refractivity (Wildman–Crippen MR) is 218 cm³/mol. The maximum absolute atomic E-state index is 14.3. The van der Waals surface area contributed by atoms with Gasteiger partial charge in [-0.3, -0.25) is 0 Å². The molecule has 0 radical (unpaired) electrons. The minimum absolute atomic E-state index is 0.230. The van der Waals surface area contributed by atoms with E-state index in [-0.39, 0.29) is 23.2 Å². The molecular formula is C41H30Br2F2N8O4. The minimum atomic E-state index is -0.966. The van der Waals surface area contributed by atoms with Crippen molar-refractivity contribution in [1.82, 2.24) is 29.2 Å². The number of hydrogen-bond donors (Lipinski definition) is 3. The lowest BCUT2D eigenvalue weighted by Gasteiger charge is -2.11. The zero-order chi connectivity index (χ0) is 40.1. The van der Waals surface area contributed by atoms with Crippen LogP contribution in [0, 0.1) is 11.6 Å². The van der Waals surface area contributed by atoms with Crippen molar-refractivity contribution < 1.29 is 28.2 Å². The summed E-state index contributed by atoms with van der Waals surface area (Å²) >= 11 is 6.86. The molecule has 0 saturated carbocycles. The Hall–Kier alpha value is -6.52. The number of rotatable bonds is 10. The van der Waals surface area contributed by atoms with Gasteiger partial charge in [0.05, 0.1) is 51.0 Å². The van der Waals surface area contributed by atoms with Gasteiger partial charge in [-0.05, 0) is 91.5 Å². The molecule has 0 saturated heterocycles. The first-order valence-electron chi connectivity index (χ1n) is 17.1. The van der Waals surface area contributed by atoms with Gasteiger partial charge in [-0.1, -0.05) is 48.5 Å². The maximum atomic E-state index is 14.3. The molecular weight excluding hydrogens is 866 g/mol. The summed E-state index contributed by atoms with van der Waals surface area (Å²) < 4.78 is 37.9. The van der Waals surface area contributed by atoms with E-state index in [0.717, 1.165) is 11.1 Å². The normalized spacial score (nSPS) is 10.9. The average molecular weight is 897 g/mol. The van der Waals surface area contributed by atoms with E-state index in [2.05, 4.69) is 62.7 Å². The van der Waals surface area contributed by atoms with E-state index in [1.54, 1.807) is 106 Å². The van der Waals surface area contributed by atoms with Crippen molar-refractivity contribution in [1.29, 1.82) is 0 Å². The van der Waals surface area contributed by atoms with Gasteiger partial charge in [-0.25, -0.2) is 28.3 Å². The third kappa shape index (κ3) is 8.66. The number of carboxylic acid groups (broad SMARTS) is 1. The predicted octanol–water partition coefficient (Wildman–Crippen LogP) is 9.30. The quantitative estimate of drug-likeness (QED) is 0.114. The molecule has 4 aromatic heterocycles. The maximum Gasteiger partial charge on any atom is 0.337 e. The molecule has 3 N–H and O–H groups in total. The molecule has 0 aliphatic carbocycles. The molecule has 0 unspecified atom stereocenters. The number of methoxy groups -OCH3 is 1. The molecule has 16 heteroatoms. The number of aromatic carboxylic acids is 1. The summed E-state index contributed by atoms with van der Waals surface area (Å²) in [6.45, 7) is 0.919. The lowest BCUT2D eigenvalue weighted by molar-refractivity contribution is 0.0599. The number of esters is 1. The Balaban J connectivity index is 0.000000174. The Kier molecular flexibility index (Phi) is 11.6. The van der Waals surface area contributed by atoms with Crippen LogP contribution in [0.15, 0.2) is 131 Å². The number of hydrogen-bond acceptors (Lipinski definition) is 9. The molecule has 8 rings (SSSR count). The molecule has 0 spiro atoms. The van der Waals surface area contributed by atoms with Crippen LogP contribution in [0.3, 0.4) is 0 Å². The van der Waals surface area contributed by atoms with Crippen LogP contribution in [0.1, 0.15) is 31.8 Å². The van der Waals surface area contributed by atoms with Gasteiger partial charge in [0.25, 0.3) is 0 Å². The van der Waals surface area contributed by atoms with E-state index in [4.69, 9.17) is 9.84 Å². The van der Waals surface area contributed by atoms with Crippen LogP contribution in [0.2, 0.25) is 0 Å². The van der Waals surface area contributed by atoms with Crippen LogP contribution >= 0.6 is 31.9 Å². The number of carboxylic acids is 1. The number of fused-ring (bicyclic) bond motifs is 2. The first kappa shape index (κ1) is 38.7. The molecule has 12 nitrogen and oxygen atoms in total. The highest BCUT2D eigenvalue weighted by Crippen LogP contribution is 2.29. The van der Waals surface area contributed by atoms with Crippen molar-refractivity contribution in [2.75, 3.05) is 17.7 Å². The molecule has 57 heavy (non-hydrogen) atoms. The second-order valence-corrected chi connectivity index (χ2v) is 14.1. The highest BCUT2D eigenvalue weighted by Gasteiger charge is 2.16. The largest absolute Gasteiger partial charge is 0.478 e. The molecule has 4 aromatic carbocycles. The van der Waals surface area contributed by atoms with E-state index < -0.39 is 5.97 Å². The van der Waals surface area contributed by atoms with Crippen LogP contribution < -0.4 is 10.6 Å². The highest BCUT2D eigenvalue weighted by molar-refractivity contribution is 9.11. The molecule has 0 atom stereocenters. The molecule has 0 aliphatic heterocycles. The lowest BCUT2D eigenvalue weighted by Crippen LogP contribution is -2.07. The molecule has 286 valence electrons. The standard InChI is InChI=1S/C21H16BrFN4O2.C20H14BrFN4O2/c1-29-21(28)14-8-6-13(7-9-14)11-24-19-10-18(15-4-2-3-5-17(15)23)26-20-16(22)12-25-27(19)20;21-15-11-24-26-18(23-10-12-5-7-13(8-6-12)20(27)28)9-17(25-19(15)26)14-3-1-2-4-16(14)22/h2-10,12,24H,11H2,1H3;1-9,11,23H,10H2,(H,27,28). The first-order valence-corrected chi connectivity index (χ1v) is 18.7. The fourth-order valence-corrected chi connectivity index (χ4v) is 6.46. The van der Waals surface area contributed by atoms with Gasteiger partial charge < -0.3 is 20.5 Å². The number of aromatic nitrogens is 6. The SMILES string of the molecule is COC(=O)c1ccc(CNc2cc(-c3ccccc3F)nc3c(Br)cnn23)cc1.O=C(O)c1ccc(CNc2cc(-c3ccccc3F)nc3c(Br)cnn23)cc1. The Bertz CT molecular complexity index is 2740. The minimum Gasteiger partial charge on any atom is -0.478 e. The third-order valence-corrected chi connectivity index (χ3v) is 9.80. The van der Waals surface area contributed by atoms with Gasteiger partial charge in [0, 0.05) is 36.3 Å². The van der Waals surface area contributed by atoms with Crippen LogP contribution in [0.25, 0.3) is 33.8 Å². The van der Waals surface area contributed by atoms with E-state index in [1.165, 1.54) is 19.2 Å². The summed E-state index contributed by atoms with van der Waals surface area (Å²) in [6, 6.07) is 30.1. The number of benzene rings is 4. The van der Waals surface area contributed by atoms with E-state index in [0.29, 0.717) is 73.0 Å². The molecule has 0 amide bonds. The summed E-state index contributed by atoms with van der Waals surface area (Å²) in [7, 11) is 1.35. The van der Waals surface area contributed by atoms with Crippen LogP contribution in [-0.4, -0.2) is 53.4 Å². The fourth-order valence-electron chi connectivity index (χ4n) is 5.76. The second-order valence-electron chi connectivity index (χ2n) is 12.4. The first-order chi connectivity index (χ1) is 27.6. The Morgan fingerprint density at radius 2 is 1.09 bits per heavy atom. The van der Waals surface area contributed by atoms with Gasteiger partial charge in [0.1, 0.15) is 23.3 Å². The van der Waals surface area contributed by atoms with E-state index in [1.807, 2.05) is 12.1 Å². The summed E-state index contributed by atoms with van der Waals surface area (Å²) in [5, 5.41) is 24.2. The van der Waals surface area contributed by atoms with Crippen molar-refractivity contribution in [3.63, 3.8) is 0 Å². The number of carbonyl (C=O) groups is 2. The molecule has 0 aliphatic rings. The zero-order valence-corrected chi connectivity index (χ0v) is 33.0.